The normalized spacial score (nSPS) is 13.9. The summed E-state index contributed by atoms with van der Waals surface area (Å²) in [6.07, 6.45) is 0.546. The van der Waals surface area contributed by atoms with Crippen molar-refractivity contribution >= 4 is 56.9 Å². The van der Waals surface area contributed by atoms with E-state index in [0.29, 0.717) is 59.6 Å². The van der Waals surface area contributed by atoms with Gasteiger partial charge < -0.3 is 25.3 Å². The van der Waals surface area contributed by atoms with Crippen molar-refractivity contribution in [3.63, 3.8) is 0 Å². The molecule has 2 aromatic carbocycles. The van der Waals surface area contributed by atoms with E-state index in [2.05, 4.69) is 20.3 Å². The van der Waals surface area contributed by atoms with Crippen LogP contribution in [-0.4, -0.2) is 74.9 Å². The number of carboxylic acid groups (broad SMARTS) is 1. The zero-order valence-corrected chi connectivity index (χ0v) is 19.2. The summed E-state index contributed by atoms with van der Waals surface area (Å²) >= 11 is 6.77. The highest BCUT2D eigenvalue weighted by Gasteiger charge is 2.23. The Labute approximate surface area is 204 Å². The molecule has 0 aliphatic carbocycles. The Bertz CT molecular complexity index is 1460. The number of nitrogens with zero attached hydrogens (tertiary/aromatic N) is 5. The lowest BCUT2D eigenvalue weighted by atomic mass is 10.0. The molecule has 0 spiro atoms. The van der Waals surface area contributed by atoms with Gasteiger partial charge in [0.1, 0.15) is 24.6 Å². The molecule has 0 unspecified atom stereocenters. The first-order chi connectivity index (χ1) is 16.9. The summed E-state index contributed by atoms with van der Waals surface area (Å²) in [4.78, 5) is 39.9. The number of aliphatic hydroxyl groups is 1. The Balaban J connectivity index is 1.59. The van der Waals surface area contributed by atoms with E-state index in [1.165, 1.54) is 11.2 Å². The van der Waals surface area contributed by atoms with Crippen LogP contribution in [0.5, 0.6) is 0 Å². The minimum absolute atomic E-state index is 0.300. The molecule has 4 aromatic rings. The largest absolute Gasteiger partial charge is 0.465 e. The van der Waals surface area contributed by atoms with Gasteiger partial charge in [-0.05, 0) is 23.6 Å². The van der Waals surface area contributed by atoms with E-state index in [1.807, 2.05) is 35.2 Å². The van der Waals surface area contributed by atoms with Crippen LogP contribution < -0.4 is 10.2 Å². The van der Waals surface area contributed by atoms with Gasteiger partial charge in [-0.15, -0.1) is 0 Å². The van der Waals surface area contributed by atoms with Gasteiger partial charge in [0.05, 0.1) is 16.2 Å². The van der Waals surface area contributed by atoms with Crippen LogP contribution in [0.1, 0.15) is 0 Å². The maximum Gasteiger partial charge on any atom is 0.407 e. The molecule has 0 radical (unpaired) electrons. The number of hydrogen-bond acceptors (Lipinski definition) is 7. The third-order valence-electron chi connectivity index (χ3n) is 5.96. The summed E-state index contributed by atoms with van der Waals surface area (Å²) in [6.45, 7) is 1.14. The topological polar surface area (TPSA) is 132 Å². The number of carbonyl (C=O) groups excluding carboxylic acids is 1. The quantitative estimate of drug-likeness (QED) is 0.395. The number of aromatic nitrogens is 3. The minimum atomic E-state index is -0.929. The molecule has 178 valence electrons. The lowest BCUT2D eigenvalue weighted by Gasteiger charge is -2.34. The number of aliphatic hydroxyl groups excluding tert-OH is 1. The van der Waals surface area contributed by atoms with Crippen molar-refractivity contribution in [3.8, 4) is 11.3 Å². The molecule has 35 heavy (non-hydrogen) atoms. The predicted octanol–water partition coefficient (Wildman–Crippen LogP) is 3.23. The summed E-state index contributed by atoms with van der Waals surface area (Å²) < 4.78 is 0. The van der Waals surface area contributed by atoms with E-state index in [4.69, 9.17) is 16.7 Å². The van der Waals surface area contributed by atoms with E-state index in [9.17, 15) is 14.7 Å². The monoisotopic (exact) mass is 492 g/mol. The molecule has 3 heterocycles. The molecule has 0 bridgehead atoms. The highest BCUT2D eigenvalue weighted by atomic mass is 35.5. The molecule has 1 aliphatic heterocycles. The van der Waals surface area contributed by atoms with Gasteiger partial charge in [0, 0.05) is 42.5 Å². The van der Waals surface area contributed by atoms with Gasteiger partial charge in [0.25, 0.3) is 5.91 Å². The maximum absolute atomic E-state index is 11.8. The number of rotatable bonds is 4. The summed E-state index contributed by atoms with van der Waals surface area (Å²) in [7, 11) is 0. The molecule has 1 fully saturated rings. The van der Waals surface area contributed by atoms with Crippen LogP contribution in [-0.2, 0) is 4.79 Å². The number of piperazine rings is 1. The lowest BCUT2D eigenvalue weighted by molar-refractivity contribution is -0.118. The van der Waals surface area contributed by atoms with Crippen molar-refractivity contribution in [2.75, 3.05) is 43.0 Å². The van der Waals surface area contributed by atoms with Gasteiger partial charge in [-0.1, -0.05) is 35.9 Å². The van der Waals surface area contributed by atoms with Crippen LogP contribution >= 0.6 is 11.6 Å². The first kappa shape index (κ1) is 22.8. The van der Waals surface area contributed by atoms with Crippen LogP contribution in [0.25, 0.3) is 32.9 Å². The van der Waals surface area contributed by atoms with Gasteiger partial charge >= 0.3 is 6.09 Å². The van der Waals surface area contributed by atoms with E-state index in [-0.39, 0.29) is 0 Å². The Morgan fingerprint density at radius 3 is 2.54 bits per heavy atom. The van der Waals surface area contributed by atoms with Crippen LogP contribution in [0.15, 0.2) is 48.8 Å². The zero-order valence-electron chi connectivity index (χ0n) is 18.5. The number of fused-ring (bicyclic) bond motifs is 2. The predicted molar refractivity (Wildman–Crippen MR) is 133 cm³/mol. The Kier molecular flexibility index (Phi) is 6.06. The summed E-state index contributed by atoms with van der Waals surface area (Å²) in [6, 6.07) is 13.0. The molecule has 2 aromatic heterocycles. The van der Waals surface area contributed by atoms with Gasteiger partial charge in [-0.3, -0.25) is 4.79 Å². The third kappa shape index (κ3) is 4.41. The van der Waals surface area contributed by atoms with Gasteiger partial charge in [0.15, 0.2) is 0 Å². The molecule has 1 aliphatic rings. The van der Waals surface area contributed by atoms with E-state index < -0.39 is 18.6 Å². The smallest absolute Gasteiger partial charge is 0.407 e. The van der Waals surface area contributed by atoms with Gasteiger partial charge in [0.2, 0.25) is 0 Å². The number of halogens is 1. The average molecular weight is 493 g/mol. The summed E-state index contributed by atoms with van der Waals surface area (Å²) in [5.74, 6) is 0.424. The average Bonchev–Trinajstić information content (AvgIpc) is 2.87. The molecule has 0 saturated carbocycles. The van der Waals surface area contributed by atoms with Crippen molar-refractivity contribution < 1.29 is 19.8 Å². The van der Waals surface area contributed by atoms with Crippen LogP contribution in [0.3, 0.4) is 0 Å². The first-order valence-electron chi connectivity index (χ1n) is 10.9. The maximum atomic E-state index is 11.8. The number of benzene rings is 2. The highest BCUT2D eigenvalue weighted by molar-refractivity contribution is 6.34. The second-order valence-corrected chi connectivity index (χ2v) is 8.49. The molecule has 11 heteroatoms. The number of anilines is 2. The van der Waals surface area contributed by atoms with Crippen molar-refractivity contribution in [2.24, 2.45) is 0 Å². The number of hydrogen-bond donors (Lipinski definition) is 3. The van der Waals surface area contributed by atoms with Crippen molar-refractivity contribution in [1.82, 2.24) is 19.9 Å². The van der Waals surface area contributed by atoms with Gasteiger partial charge in [-0.25, -0.2) is 19.7 Å². The minimum Gasteiger partial charge on any atom is -0.465 e. The van der Waals surface area contributed by atoms with Crippen LogP contribution in [0, 0.1) is 0 Å². The number of carbonyl (C=O) groups is 2. The first-order valence-corrected chi connectivity index (χ1v) is 11.3. The van der Waals surface area contributed by atoms with E-state index in [0.717, 1.165) is 16.2 Å². The fourth-order valence-corrected chi connectivity index (χ4v) is 4.51. The van der Waals surface area contributed by atoms with Crippen molar-refractivity contribution in [3.05, 3.63) is 53.8 Å². The standard InChI is InChI=1S/C24H21ClN6O4/c25-18-10-17-19(26-13-27-23(17)30-5-7-31(8-6-30)24(34)35)11-16(18)22-15-4-2-1-3-14(15)9-20(29-22)28-21(33)12-32/h1-4,9-11,13,32H,5-8,12H2,(H,34,35)(H,28,29,33). The summed E-state index contributed by atoms with van der Waals surface area (Å²) in [5, 5.41) is 23.8. The molecule has 5 rings (SSSR count). The van der Waals surface area contributed by atoms with Crippen LogP contribution in [0.4, 0.5) is 16.4 Å². The summed E-state index contributed by atoms with van der Waals surface area (Å²) in [5.41, 5.74) is 1.86. The zero-order chi connectivity index (χ0) is 24.5. The molecule has 2 amide bonds. The molecule has 3 N–H and O–H groups in total. The second-order valence-electron chi connectivity index (χ2n) is 8.09. The highest BCUT2D eigenvalue weighted by Crippen LogP contribution is 2.37. The second kappa shape index (κ2) is 9.32. The number of nitrogens with one attached hydrogen (secondary N) is 1. The van der Waals surface area contributed by atoms with E-state index >= 15 is 0 Å². The lowest BCUT2D eigenvalue weighted by Crippen LogP contribution is -2.48. The van der Waals surface area contributed by atoms with Gasteiger partial charge in [-0.2, -0.15) is 0 Å². The Morgan fingerprint density at radius 2 is 1.80 bits per heavy atom. The number of amides is 2. The SMILES string of the molecule is O=C(CO)Nc1cc2ccccc2c(-c2cc3ncnc(N4CCN(C(=O)O)CC4)c3cc2Cl)n1. The third-order valence-corrected chi connectivity index (χ3v) is 6.27. The van der Waals surface area contributed by atoms with Crippen molar-refractivity contribution in [2.45, 2.75) is 0 Å². The Morgan fingerprint density at radius 1 is 1.03 bits per heavy atom. The van der Waals surface area contributed by atoms with E-state index in [1.54, 1.807) is 12.1 Å². The molecule has 0 atom stereocenters. The Hall–Kier alpha value is -4.02. The number of pyridine rings is 1. The fraction of sp³-hybridized carbons (Fsp3) is 0.208. The molecular formula is C24H21ClN6O4. The van der Waals surface area contributed by atoms with Crippen molar-refractivity contribution in [1.29, 1.82) is 0 Å². The van der Waals surface area contributed by atoms with Crippen LogP contribution in [0.2, 0.25) is 5.02 Å². The molecular weight excluding hydrogens is 472 g/mol. The fourth-order valence-electron chi connectivity index (χ4n) is 4.26. The molecule has 10 nitrogen and oxygen atoms in total. The molecule has 1 saturated heterocycles.